The summed E-state index contributed by atoms with van der Waals surface area (Å²) in [4.78, 5) is 21.6. The van der Waals surface area contributed by atoms with Gasteiger partial charge in [0, 0.05) is 25.2 Å². The summed E-state index contributed by atoms with van der Waals surface area (Å²) < 4.78 is 11.3. The number of hydrogen-bond acceptors (Lipinski definition) is 5. The summed E-state index contributed by atoms with van der Waals surface area (Å²) in [7, 11) is 0. The first-order valence-corrected chi connectivity index (χ1v) is 8.80. The molecule has 0 bridgehead atoms. The number of rotatable bonds is 6. The predicted octanol–water partition coefficient (Wildman–Crippen LogP) is 2.43. The van der Waals surface area contributed by atoms with Crippen molar-refractivity contribution in [2.24, 2.45) is 0 Å². The van der Waals surface area contributed by atoms with Crippen LogP contribution in [-0.2, 0) is 19.5 Å². The van der Waals surface area contributed by atoms with E-state index in [-0.39, 0.29) is 5.56 Å². The number of nitrogens with one attached hydrogen (secondary N) is 1. The van der Waals surface area contributed by atoms with Crippen molar-refractivity contribution in [1.29, 1.82) is 0 Å². The van der Waals surface area contributed by atoms with E-state index in [2.05, 4.69) is 20.9 Å². The Labute approximate surface area is 147 Å². The van der Waals surface area contributed by atoms with Crippen molar-refractivity contribution in [3.05, 3.63) is 51.2 Å². The molecule has 134 valence electrons. The van der Waals surface area contributed by atoms with Crippen LogP contribution in [0.1, 0.15) is 36.5 Å². The van der Waals surface area contributed by atoms with Gasteiger partial charge in [0.05, 0.1) is 18.9 Å². The van der Waals surface area contributed by atoms with Gasteiger partial charge in [-0.15, -0.1) is 0 Å². The smallest absolute Gasteiger partial charge is 0.254 e. The topological polar surface area (TPSA) is 67.5 Å². The predicted molar refractivity (Wildman–Crippen MR) is 96.2 cm³/mol. The number of H-pyrrole nitrogens is 1. The molecule has 1 aliphatic rings. The van der Waals surface area contributed by atoms with E-state index in [1.165, 1.54) is 0 Å². The van der Waals surface area contributed by atoms with Crippen LogP contribution in [0.25, 0.3) is 0 Å². The van der Waals surface area contributed by atoms with E-state index in [1.807, 2.05) is 32.9 Å². The Morgan fingerprint density at radius 1 is 1.20 bits per heavy atom. The van der Waals surface area contributed by atoms with Gasteiger partial charge in [-0.05, 0) is 44.9 Å². The minimum atomic E-state index is 0.00171. The van der Waals surface area contributed by atoms with Gasteiger partial charge in [-0.3, -0.25) is 9.69 Å². The maximum atomic E-state index is 12.0. The number of hydrogen-bond donors (Lipinski definition) is 1. The van der Waals surface area contributed by atoms with E-state index in [1.54, 1.807) is 0 Å². The highest BCUT2D eigenvalue weighted by Crippen LogP contribution is 2.29. The van der Waals surface area contributed by atoms with Crippen LogP contribution in [0.5, 0.6) is 11.5 Å². The molecule has 6 heteroatoms. The average Bonchev–Trinajstić information content (AvgIpc) is 2.57. The second kappa shape index (κ2) is 7.70. The van der Waals surface area contributed by atoms with Crippen LogP contribution in [0, 0.1) is 6.92 Å². The van der Waals surface area contributed by atoms with Gasteiger partial charge in [0.15, 0.2) is 11.5 Å². The lowest BCUT2D eigenvalue weighted by molar-refractivity contribution is 0.239. The second-order valence-corrected chi connectivity index (χ2v) is 6.18. The number of aromatic nitrogens is 2. The Balaban J connectivity index is 1.76. The Bertz CT molecular complexity index is 801. The Hall–Kier alpha value is -2.34. The minimum Gasteiger partial charge on any atom is -0.490 e. The lowest BCUT2D eigenvalue weighted by Gasteiger charge is -2.27. The summed E-state index contributed by atoms with van der Waals surface area (Å²) in [6.45, 7) is 9.30. The van der Waals surface area contributed by atoms with Crippen LogP contribution in [0.3, 0.4) is 0 Å². The number of nitrogens with zero attached hydrogens (tertiary/aromatic N) is 2. The van der Waals surface area contributed by atoms with Crippen molar-refractivity contribution < 1.29 is 9.47 Å². The first kappa shape index (κ1) is 17.5. The van der Waals surface area contributed by atoms with Crippen LogP contribution in [0.4, 0.5) is 0 Å². The van der Waals surface area contributed by atoms with Gasteiger partial charge in [-0.25, -0.2) is 4.98 Å². The minimum absolute atomic E-state index is 0.00171. The Morgan fingerprint density at radius 3 is 2.72 bits per heavy atom. The zero-order chi connectivity index (χ0) is 17.8. The van der Waals surface area contributed by atoms with Gasteiger partial charge in [0.25, 0.3) is 5.56 Å². The molecular formula is C19H25N3O3. The number of aryl methyl sites for hydroxylation is 1. The second-order valence-electron chi connectivity index (χ2n) is 6.18. The number of benzene rings is 1. The van der Waals surface area contributed by atoms with E-state index < -0.39 is 0 Å². The molecule has 2 heterocycles. The van der Waals surface area contributed by atoms with Gasteiger partial charge in [-0.1, -0.05) is 6.07 Å². The summed E-state index contributed by atoms with van der Waals surface area (Å²) in [6, 6.07) is 6.08. The molecule has 25 heavy (non-hydrogen) atoms. The lowest BCUT2D eigenvalue weighted by atomic mass is 10.1. The molecule has 0 aliphatic carbocycles. The van der Waals surface area contributed by atoms with Crippen LogP contribution in [0.15, 0.2) is 23.0 Å². The van der Waals surface area contributed by atoms with E-state index in [9.17, 15) is 4.79 Å². The summed E-state index contributed by atoms with van der Waals surface area (Å²) in [6.07, 6.45) is 0.729. The molecule has 6 nitrogen and oxygen atoms in total. The highest BCUT2D eigenvalue weighted by Gasteiger charge is 2.21. The van der Waals surface area contributed by atoms with Crippen LogP contribution < -0.4 is 15.0 Å². The monoisotopic (exact) mass is 343 g/mol. The number of aromatic amines is 1. The molecule has 0 fully saturated rings. The summed E-state index contributed by atoms with van der Waals surface area (Å²) >= 11 is 0. The van der Waals surface area contributed by atoms with Gasteiger partial charge >= 0.3 is 0 Å². The van der Waals surface area contributed by atoms with Gasteiger partial charge in [-0.2, -0.15) is 0 Å². The molecule has 0 radical (unpaired) electrons. The molecule has 1 aliphatic heterocycles. The molecular weight excluding hydrogens is 318 g/mol. The molecule has 2 aromatic rings. The zero-order valence-electron chi connectivity index (χ0n) is 15.1. The van der Waals surface area contributed by atoms with Crippen molar-refractivity contribution in [3.63, 3.8) is 0 Å². The molecule has 0 spiro atoms. The molecule has 1 aromatic heterocycles. The zero-order valence-corrected chi connectivity index (χ0v) is 15.1. The van der Waals surface area contributed by atoms with E-state index in [0.717, 1.165) is 47.8 Å². The number of ether oxygens (including phenoxy) is 2. The summed E-state index contributed by atoms with van der Waals surface area (Å²) in [5.41, 5.74) is 2.88. The van der Waals surface area contributed by atoms with Crippen LogP contribution in [-0.4, -0.2) is 34.6 Å². The fourth-order valence-electron chi connectivity index (χ4n) is 3.21. The standard InChI is InChI=1S/C19H25N3O3/c1-4-24-17-7-6-14(10-18(17)25-5-2)11-22-9-8-15-16(12-22)20-13(3)21-19(15)23/h6-7,10H,4-5,8-9,11-12H2,1-3H3,(H,20,21,23). The summed E-state index contributed by atoms with van der Waals surface area (Å²) in [5, 5.41) is 0. The normalized spacial score (nSPS) is 14.2. The SMILES string of the molecule is CCOc1ccc(CN2CCc3c(nc(C)[nH]c3=O)C2)cc1OCC. The molecule has 0 atom stereocenters. The van der Waals surface area contributed by atoms with Gasteiger partial charge < -0.3 is 14.5 Å². The van der Waals surface area contributed by atoms with Crippen LogP contribution >= 0.6 is 0 Å². The molecule has 0 saturated heterocycles. The van der Waals surface area contributed by atoms with Crippen molar-refractivity contribution in [1.82, 2.24) is 14.9 Å². The third kappa shape index (κ3) is 4.02. The van der Waals surface area contributed by atoms with Crippen molar-refractivity contribution in [2.75, 3.05) is 19.8 Å². The average molecular weight is 343 g/mol. The van der Waals surface area contributed by atoms with Gasteiger partial charge in [0.1, 0.15) is 5.82 Å². The third-order valence-corrected chi connectivity index (χ3v) is 4.28. The maximum Gasteiger partial charge on any atom is 0.254 e. The molecule has 0 amide bonds. The van der Waals surface area contributed by atoms with Crippen molar-refractivity contribution >= 4 is 0 Å². The van der Waals surface area contributed by atoms with Gasteiger partial charge in [0.2, 0.25) is 0 Å². The van der Waals surface area contributed by atoms with Crippen molar-refractivity contribution in [3.8, 4) is 11.5 Å². The molecule has 0 unspecified atom stereocenters. The largest absolute Gasteiger partial charge is 0.490 e. The Morgan fingerprint density at radius 2 is 1.96 bits per heavy atom. The third-order valence-electron chi connectivity index (χ3n) is 4.28. The quantitative estimate of drug-likeness (QED) is 0.872. The molecule has 0 saturated carbocycles. The van der Waals surface area contributed by atoms with E-state index in [0.29, 0.717) is 25.6 Å². The van der Waals surface area contributed by atoms with Crippen LogP contribution in [0.2, 0.25) is 0 Å². The van der Waals surface area contributed by atoms with E-state index >= 15 is 0 Å². The molecule has 3 rings (SSSR count). The summed E-state index contributed by atoms with van der Waals surface area (Å²) in [5.74, 6) is 2.23. The fourth-order valence-corrected chi connectivity index (χ4v) is 3.21. The van der Waals surface area contributed by atoms with E-state index in [4.69, 9.17) is 9.47 Å². The fraction of sp³-hybridized carbons (Fsp3) is 0.474. The first-order valence-electron chi connectivity index (χ1n) is 8.80. The lowest BCUT2D eigenvalue weighted by Crippen LogP contribution is -2.35. The number of fused-ring (bicyclic) bond motifs is 1. The maximum absolute atomic E-state index is 12.0. The highest BCUT2D eigenvalue weighted by molar-refractivity contribution is 5.43. The first-order chi connectivity index (χ1) is 12.1. The Kier molecular flexibility index (Phi) is 5.38. The highest BCUT2D eigenvalue weighted by atomic mass is 16.5. The molecule has 1 aromatic carbocycles. The molecule has 1 N–H and O–H groups in total. The van der Waals surface area contributed by atoms with Crippen molar-refractivity contribution in [2.45, 2.75) is 40.3 Å².